The van der Waals surface area contributed by atoms with Crippen LogP contribution in [0.1, 0.15) is 108 Å². The number of anilines is 1. The van der Waals surface area contributed by atoms with E-state index in [1.165, 1.54) is 22.3 Å². The highest BCUT2D eigenvalue weighted by Gasteiger charge is 2.20. The molecule has 0 aliphatic rings. The molecule has 0 bridgehead atoms. The minimum atomic E-state index is 0.364. The molecule has 0 saturated carbocycles. The quantitative estimate of drug-likeness (QED) is 0.365. The second kappa shape index (κ2) is 10.1. The lowest BCUT2D eigenvalue weighted by Crippen LogP contribution is -2.29. The number of rotatable bonds is 7. The van der Waals surface area contributed by atoms with Crippen LogP contribution in [0.5, 0.6) is 0 Å². The number of nitrogens with zero attached hydrogens (tertiary/aromatic N) is 2. The van der Waals surface area contributed by atoms with Gasteiger partial charge in [-0.3, -0.25) is 10.3 Å². The van der Waals surface area contributed by atoms with E-state index in [0.29, 0.717) is 29.5 Å². The highest BCUT2D eigenvalue weighted by Crippen LogP contribution is 2.37. The maximum atomic E-state index is 8.54. The fourth-order valence-electron chi connectivity index (χ4n) is 3.88. The van der Waals surface area contributed by atoms with E-state index in [0.717, 1.165) is 11.4 Å². The van der Waals surface area contributed by atoms with E-state index in [4.69, 9.17) is 10.4 Å². The van der Waals surface area contributed by atoms with E-state index in [1.807, 2.05) is 18.2 Å². The first kappa shape index (κ1) is 23.9. The fourth-order valence-corrected chi connectivity index (χ4v) is 3.88. The van der Waals surface area contributed by atoms with Crippen LogP contribution in [0.3, 0.4) is 0 Å². The van der Waals surface area contributed by atoms with Gasteiger partial charge >= 0.3 is 0 Å². The third kappa shape index (κ3) is 5.19. The van der Waals surface area contributed by atoms with Gasteiger partial charge in [-0.05, 0) is 52.8 Å². The predicted molar refractivity (Wildman–Crippen MR) is 133 cm³/mol. The van der Waals surface area contributed by atoms with Gasteiger partial charge in [0.25, 0.3) is 0 Å². The summed E-state index contributed by atoms with van der Waals surface area (Å²) < 4.78 is 0. The molecule has 0 aromatic heterocycles. The number of para-hydroxylation sites is 2. The molecule has 0 aliphatic carbocycles. The molecule has 0 radical (unpaired) electrons. The molecule has 0 amide bonds. The Bertz CT molecular complexity index is 852. The standard InChI is InChI=1S/C27H39N3/c1-17(2)22-12-10-13-23(18(3)4)26(22)29-16-30(21(9)28)27-24(19(5)6)14-11-15-25(27)20(7)8/h10-20,28H,1-9H3. The number of benzene rings is 2. The Balaban J connectivity index is 2.70. The Labute approximate surface area is 183 Å². The summed E-state index contributed by atoms with van der Waals surface area (Å²) in [6.45, 7) is 19.5. The van der Waals surface area contributed by atoms with Crippen LogP contribution in [0.4, 0.5) is 11.4 Å². The van der Waals surface area contributed by atoms with E-state index >= 15 is 0 Å². The van der Waals surface area contributed by atoms with Crippen molar-refractivity contribution in [2.45, 2.75) is 86.0 Å². The van der Waals surface area contributed by atoms with Crippen LogP contribution in [0, 0.1) is 5.41 Å². The molecule has 0 spiro atoms. The average Bonchev–Trinajstić information content (AvgIpc) is 2.67. The SMILES string of the molecule is CC(=N)N(C=Nc1c(C(C)C)cccc1C(C)C)c1c(C(C)C)cccc1C(C)C. The summed E-state index contributed by atoms with van der Waals surface area (Å²) in [5, 5.41) is 8.54. The van der Waals surface area contributed by atoms with Gasteiger partial charge in [0, 0.05) is 0 Å². The van der Waals surface area contributed by atoms with E-state index in [2.05, 4.69) is 91.8 Å². The summed E-state index contributed by atoms with van der Waals surface area (Å²) in [5.74, 6) is 1.98. The highest BCUT2D eigenvalue weighted by atomic mass is 15.2. The van der Waals surface area contributed by atoms with Gasteiger partial charge in [-0.1, -0.05) is 91.8 Å². The molecule has 0 fully saturated rings. The largest absolute Gasteiger partial charge is 0.289 e. The zero-order valence-electron chi connectivity index (χ0n) is 20.2. The Kier molecular flexibility index (Phi) is 8.00. The van der Waals surface area contributed by atoms with Crippen molar-refractivity contribution >= 4 is 23.5 Å². The average molecular weight is 406 g/mol. The van der Waals surface area contributed by atoms with Crippen LogP contribution in [-0.2, 0) is 0 Å². The minimum Gasteiger partial charge on any atom is -0.289 e. The molecule has 0 unspecified atom stereocenters. The van der Waals surface area contributed by atoms with Gasteiger partial charge in [0.1, 0.15) is 12.2 Å². The van der Waals surface area contributed by atoms with Gasteiger partial charge in [0.2, 0.25) is 0 Å². The normalized spacial score (nSPS) is 12.0. The summed E-state index contributed by atoms with van der Waals surface area (Å²) in [7, 11) is 0. The van der Waals surface area contributed by atoms with Crippen molar-refractivity contribution in [3.63, 3.8) is 0 Å². The zero-order valence-corrected chi connectivity index (χ0v) is 20.2. The molecule has 2 aromatic carbocycles. The van der Waals surface area contributed by atoms with Crippen molar-refractivity contribution in [3.8, 4) is 0 Å². The van der Waals surface area contributed by atoms with Gasteiger partial charge in [0.15, 0.2) is 0 Å². The molecule has 0 heterocycles. The minimum absolute atomic E-state index is 0.364. The van der Waals surface area contributed by atoms with E-state index < -0.39 is 0 Å². The molecule has 2 aromatic rings. The summed E-state index contributed by atoms with van der Waals surface area (Å²) in [5.41, 5.74) is 7.15. The van der Waals surface area contributed by atoms with Crippen LogP contribution >= 0.6 is 0 Å². The number of hydrogen-bond donors (Lipinski definition) is 1. The van der Waals surface area contributed by atoms with Crippen LogP contribution in [-0.4, -0.2) is 12.2 Å². The zero-order chi connectivity index (χ0) is 22.6. The second-order valence-electron chi connectivity index (χ2n) is 9.39. The monoisotopic (exact) mass is 405 g/mol. The molecule has 0 saturated heterocycles. The molecule has 30 heavy (non-hydrogen) atoms. The van der Waals surface area contributed by atoms with Crippen LogP contribution < -0.4 is 4.90 Å². The van der Waals surface area contributed by atoms with Crippen molar-refractivity contribution in [3.05, 3.63) is 58.7 Å². The smallest absolute Gasteiger partial charge is 0.102 e. The second-order valence-corrected chi connectivity index (χ2v) is 9.39. The summed E-state index contributed by atoms with van der Waals surface area (Å²) in [4.78, 5) is 6.97. The van der Waals surface area contributed by atoms with Gasteiger partial charge < -0.3 is 0 Å². The molecule has 162 valence electrons. The van der Waals surface area contributed by atoms with Crippen molar-refractivity contribution in [2.24, 2.45) is 4.99 Å². The first-order valence-corrected chi connectivity index (χ1v) is 11.2. The molecular formula is C27H39N3. The van der Waals surface area contributed by atoms with E-state index in [-0.39, 0.29) is 0 Å². The molecule has 2 rings (SSSR count). The highest BCUT2D eigenvalue weighted by molar-refractivity contribution is 6.10. The molecule has 0 aliphatic heterocycles. The van der Waals surface area contributed by atoms with Gasteiger partial charge in [-0.15, -0.1) is 0 Å². The van der Waals surface area contributed by atoms with Crippen LogP contribution in [0.2, 0.25) is 0 Å². The molecular weight excluding hydrogens is 366 g/mol. The molecule has 3 nitrogen and oxygen atoms in total. The Morgan fingerprint density at radius 2 is 1.10 bits per heavy atom. The lowest BCUT2D eigenvalue weighted by atomic mass is 9.92. The van der Waals surface area contributed by atoms with E-state index in [9.17, 15) is 0 Å². The summed E-state index contributed by atoms with van der Waals surface area (Å²) in [6, 6.07) is 13.0. The third-order valence-electron chi connectivity index (χ3n) is 5.59. The number of hydrogen-bond acceptors (Lipinski definition) is 2. The van der Waals surface area contributed by atoms with Gasteiger partial charge in [0.05, 0.1) is 11.4 Å². The number of nitrogens with one attached hydrogen (secondary N) is 1. The lowest BCUT2D eigenvalue weighted by molar-refractivity contribution is 0.832. The van der Waals surface area contributed by atoms with Crippen molar-refractivity contribution < 1.29 is 0 Å². The van der Waals surface area contributed by atoms with Gasteiger partial charge in [-0.2, -0.15) is 0 Å². The Morgan fingerprint density at radius 3 is 1.43 bits per heavy atom. The van der Waals surface area contributed by atoms with Crippen LogP contribution in [0.25, 0.3) is 0 Å². The van der Waals surface area contributed by atoms with E-state index in [1.54, 1.807) is 0 Å². The molecule has 3 heteroatoms. The third-order valence-corrected chi connectivity index (χ3v) is 5.59. The first-order valence-electron chi connectivity index (χ1n) is 11.2. The topological polar surface area (TPSA) is 39.5 Å². The molecule has 0 atom stereocenters. The van der Waals surface area contributed by atoms with Crippen molar-refractivity contribution in [1.82, 2.24) is 0 Å². The van der Waals surface area contributed by atoms with Crippen molar-refractivity contribution in [1.29, 1.82) is 5.41 Å². The fraction of sp³-hybridized carbons (Fsp3) is 0.481. The maximum Gasteiger partial charge on any atom is 0.102 e. The number of amidine groups is 1. The first-order chi connectivity index (χ1) is 14.1. The van der Waals surface area contributed by atoms with Gasteiger partial charge in [-0.25, -0.2) is 4.99 Å². The van der Waals surface area contributed by atoms with Crippen molar-refractivity contribution in [2.75, 3.05) is 4.90 Å². The summed E-state index contributed by atoms with van der Waals surface area (Å²) >= 11 is 0. The predicted octanol–water partition coefficient (Wildman–Crippen LogP) is 8.34. The number of aliphatic imine (C=N–C) groups is 1. The Morgan fingerprint density at radius 1 is 0.733 bits per heavy atom. The lowest BCUT2D eigenvalue weighted by Gasteiger charge is -2.28. The summed E-state index contributed by atoms with van der Waals surface area (Å²) in [6.07, 6.45) is 1.86. The van der Waals surface area contributed by atoms with Crippen LogP contribution in [0.15, 0.2) is 41.4 Å². The maximum absolute atomic E-state index is 8.54. The molecule has 1 N–H and O–H groups in total. The Hall–Kier alpha value is -2.42.